The third kappa shape index (κ3) is 4.48. The van der Waals surface area contributed by atoms with E-state index < -0.39 is 11.8 Å². The smallest absolute Gasteiger partial charge is 0.260 e. The van der Waals surface area contributed by atoms with Gasteiger partial charge in [-0.3, -0.25) is 14.9 Å². The lowest BCUT2D eigenvalue weighted by molar-refractivity contribution is -0.114. The molecule has 4 rings (SSSR count). The molecule has 8 heteroatoms. The van der Waals surface area contributed by atoms with Crippen LogP contribution in [-0.4, -0.2) is 31.6 Å². The molecule has 156 valence electrons. The van der Waals surface area contributed by atoms with Gasteiger partial charge in [0.05, 0.1) is 11.9 Å². The fraction of sp³-hybridized carbons (Fsp3) is 0.0870. The molecule has 2 heterocycles. The van der Waals surface area contributed by atoms with Gasteiger partial charge in [-0.25, -0.2) is 4.98 Å². The van der Waals surface area contributed by atoms with E-state index in [2.05, 4.69) is 15.6 Å². The molecule has 0 aliphatic carbocycles. The van der Waals surface area contributed by atoms with E-state index in [-0.39, 0.29) is 11.5 Å². The average molecular weight is 416 g/mol. The molecular weight excluding hydrogens is 396 g/mol. The maximum atomic E-state index is 12.4. The minimum absolute atomic E-state index is 0.199. The Bertz CT molecular complexity index is 1200. The lowest BCUT2D eigenvalue weighted by Crippen LogP contribution is -2.37. The van der Waals surface area contributed by atoms with Gasteiger partial charge in [-0.15, -0.1) is 0 Å². The van der Waals surface area contributed by atoms with Crippen LogP contribution in [0.5, 0.6) is 11.5 Å². The quantitative estimate of drug-likeness (QED) is 0.279. The van der Waals surface area contributed by atoms with Crippen molar-refractivity contribution in [2.24, 2.45) is 0 Å². The SMILES string of the molecule is O=C1NC(=O)c2ccc(/C=C/Cn3ccnc3)cc2/C1=C\NCc1ccc(O)c(O)c1. The number of aromatic hydroxyl groups is 2. The maximum Gasteiger partial charge on any atom is 0.260 e. The number of imide groups is 1. The molecule has 1 aliphatic rings. The molecule has 31 heavy (non-hydrogen) atoms. The first-order valence-corrected chi connectivity index (χ1v) is 9.58. The van der Waals surface area contributed by atoms with Crippen LogP contribution in [-0.2, 0) is 17.9 Å². The number of nitrogens with zero attached hydrogens (tertiary/aromatic N) is 2. The first-order chi connectivity index (χ1) is 15.0. The molecule has 2 amide bonds. The molecule has 2 aromatic carbocycles. The normalized spacial score (nSPS) is 14.6. The number of allylic oxidation sites excluding steroid dienone is 1. The van der Waals surface area contributed by atoms with Crippen molar-refractivity contribution in [2.45, 2.75) is 13.1 Å². The van der Waals surface area contributed by atoms with E-state index in [1.54, 1.807) is 36.9 Å². The van der Waals surface area contributed by atoms with Gasteiger partial charge in [-0.1, -0.05) is 24.3 Å². The number of benzene rings is 2. The number of nitrogens with one attached hydrogen (secondary N) is 2. The summed E-state index contributed by atoms with van der Waals surface area (Å²) in [6.07, 6.45) is 10.7. The largest absolute Gasteiger partial charge is 0.504 e. The first-order valence-electron chi connectivity index (χ1n) is 9.58. The van der Waals surface area contributed by atoms with E-state index in [4.69, 9.17) is 0 Å². The monoisotopic (exact) mass is 416 g/mol. The van der Waals surface area contributed by atoms with Gasteiger partial charge in [0.25, 0.3) is 11.8 Å². The molecular formula is C23H20N4O4. The summed E-state index contributed by atoms with van der Waals surface area (Å²) in [4.78, 5) is 28.7. The topological polar surface area (TPSA) is 116 Å². The number of rotatable bonds is 6. The average Bonchev–Trinajstić information content (AvgIpc) is 3.26. The van der Waals surface area contributed by atoms with Crippen LogP contribution >= 0.6 is 0 Å². The van der Waals surface area contributed by atoms with Gasteiger partial charge in [-0.2, -0.15) is 0 Å². The Hall–Kier alpha value is -4.33. The summed E-state index contributed by atoms with van der Waals surface area (Å²) >= 11 is 0. The number of phenols is 2. The number of carbonyl (C=O) groups is 2. The summed E-state index contributed by atoms with van der Waals surface area (Å²) in [6, 6.07) is 9.80. The van der Waals surface area contributed by atoms with Crippen LogP contribution in [0.1, 0.15) is 27.0 Å². The highest BCUT2D eigenvalue weighted by atomic mass is 16.3. The van der Waals surface area contributed by atoms with Gasteiger partial charge in [-0.05, 0) is 35.4 Å². The first kappa shape index (κ1) is 20.0. The van der Waals surface area contributed by atoms with Crippen LogP contribution < -0.4 is 10.6 Å². The van der Waals surface area contributed by atoms with Crippen molar-refractivity contribution in [1.29, 1.82) is 0 Å². The molecule has 3 aromatic rings. The van der Waals surface area contributed by atoms with Crippen molar-refractivity contribution in [1.82, 2.24) is 20.2 Å². The van der Waals surface area contributed by atoms with Crippen LogP contribution in [0.4, 0.5) is 0 Å². The molecule has 1 aromatic heterocycles. The number of amides is 2. The van der Waals surface area contributed by atoms with Crippen molar-refractivity contribution in [2.75, 3.05) is 0 Å². The van der Waals surface area contributed by atoms with Crippen molar-refractivity contribution < 1.29 is 19.8 Å². The van der Waals surface area contributed by atoms with E-state index in [0.29, 0.717) is 29.8 Å². The van der Waals surface area contributed by atoms with Crippen LogP contribution in [0, 0.1) is 0 Å². The van der Waals surface area contributed by atoms with Gasteiger partial charge in [0.2, 0.25) is 0 Å². The number of hydrogen-bond acceptors (Lipinski definition) is 6. The summed E-state index contributed by atoms with van der Waals surface area (Å²) in [5.41, 5.74) is 2.87. The Labute approximate surface area is 178 Å². The van der Waals surface area contributed by atoms with Crippen LogP contribution in [0.3, 0.4) is 0 Å². The summed E-state index contributed by atoms with van der Waals surface area (Å²) in [7, 11) is 0. The van der Waals surface area contributed by atoms with E-state index in [1.165, 1.54) is 12.1 Å². The number of aromatic nitrogens is 2. The third-order valence-corrected chi connectivity index (χ3v) is 4.83. The zero-order chi connectivity index (χ0) is 21.8. The molecule has 0 bridgehead atoms. The number of imidazole rings is 1. The summed E-state index contributed by atoms with van der Waals surface area (Å²) < 4.78 is 1.92. The van der Waals surface area contributed by atoms with Crippen molar-refractivity contribution in [3.8, 4) is 11.5 Å². The fourth-order valence-corrected chi connectivity index (χ4v) is 3.24. The number of carbonyl (C=O) groups excluding carboxylic acids is 2. The lowest BCUT2D eigenvalue weighted by Gasteiger charge is -2.19. The van der Waals surface area contributed by atoms with Gasteiger partial charge >= 0.3 is 0 Å². The highest BCUT2D eigenvalue weighted by Crippen LogP contribution is 2.26. The minimum Gasteiger partial charge on any atom is -0.504 e. The molecule has 0 spiro atoms. The summed E-state index contributed by atoms with van der Waals surface area (Å²) in [5.74, 6) is -1.34. The molecule has 0 radical (unpaired) electrons. The predicted octanol–water partition coefficient (Wildman–Crippen LogP) is 2.41. The minimum atomic E-state index is -0.488. The molecule has 8 nitrogen and oxygen atoms in total. The predicted molar refractivity (Wildman–Crippen MR) is 115 cm³/mol. The molecule has 0 fully saturated rings. The highest BCUT2D eigenvalue weighted by Gasteiger charge is 2.27. The zero-order valence-electron chi connectivity index (χ0n) is 16.4. The summed E-state index contributed by atoms with van der Waals surface area (Å²) in [6.45, 7) is 0.971. The van der Waals surface area contributed by atoms with Gasteiger partial charge in [0.15, 0.2) is 11.5 Å². The molecule has 0 saturated heterocycles. The second-order valence-corrected chi connectivity index (χ2v) is 7.01. The second kappa shape index (κ2) is 8.58. The van der Waals surface area contributed by atoms with Crippen LogP contribution in [0.2, 0.25) is 0 Å². The Morgan fingerprint density at radius 2 is 1.90 bits per heavy atom. The van der Waals surface area contributed by atoms with Gasteiger partial charge in [0.1, 0.15) is 0 Å². The molecule has 1 aliphatic heterocycles. The molecule has 0 unspecified atom stereocenters. The van der Waals surface area contributed by atoms with E-state index >= 15 is 0 Å². The Morgan fingerprint density at radius 1 is 1.03 bits per heavy atom. The van der Waals surface area contributed by atoms with Crippen LogP contribution in [0.25, 0.3) is 11.6 Å². The molecule has 0 atom stereocenters. The standard InChI is InChI=1S/C23H20N4O4/c28-20-6-4-16(11-21(20)29)12-25-13-19-18-10-15(2-1-8-27-9-7-24-14-27)3-5-17(18)22(30)26-23(19)31/h1-7,9-11,13-14,25,28-29H,8,12H2,(H,26,30,31)/b2-1+,19-13+. The fourth-order valence-electron chi connectivity index (χ4n) is 3.24. The van der Waals surface area contributed by atoms with Crippen molar-refractivity contribution >= 4 is 23.5 Å². The number of hydrogen-bond donors (Lipinski definition) is 4. The van der Waals surface area contributed by atoms with E-state index in [1.807, 2.05) is 29.0 Å². The zero-order valence-corrected chi connectivity index (χ0v) is 16.4. The van der Waals surface area contributed by atoms with E-state index in [9.17, 15) is 19.8 Å². The van der Waals surface area contributed by atoms with E-state index in [0.717, 1.165) is 11.1 Å². The highest BCUT2D eigenvalue weighted by molar-refractivity contribution is 6.31. The van der Waals surface area contributed by atoms with Crippen LogP contribution in [0.15, 0.2) is 67.4 Å². The Morgan fingerprint density at radius 3 is 2.68 bits per heavy atom. The molecule has 4 N–H and O–H groups in total. The number of fused-ring (bicyclic) bond motifs is 1. The van der Waals surface area contributed by atoms with Gasteiger partial charge in [0, 0.05) is 42.8 Å². The summed E-state index contributed by atoms with van der Waals surface area (Å²) in [5, 5.41) is 24.4. The Kier molecular flexibility index (Phi) is 5.53. The van der Waals surface area contributed by atoms with Crippen molar-refractivity contribution in [3.63, 3.8) is 0 Å². The molecule has 0 saturated carbocycles. The third-order valence-electron chi connectivity index (χ3n) is 4.83. The van der Waals surface area contributed by atoms with Gasteiger partial charge < -0.3 is 20.1 Å². The number of phenolic OH excluding ortho intramolecular Hbond substituents is 2. The Balaban J connectivity index is 1.55. The van der Waals surface area contributed by atoms with Crippen molar-refractivity contribution in [3.05, 3.63) is 89.6 Å². The maximum absolute atomic E-state index is 12.4. The lowest BCUT2D eigenvalue weighted by atomic mass is 9.93. The second-order valence-electron chi connectivity index (χ2n) is 7.01.